The lowest BCUT2D eigenvalue weighted by Gasteiger charge is -2.33. The van der Waals surface area contributed by atoms with E-state index in [1.165, 1.54) is 0 Å². The van der Waals surface area contributed by atoms with Crippen molar-refractivity contribution in [3.05, 3.63) is 29.1 Å². The second-order valence-corrected chi connectivity index (χ2v) is 11.5. The minimum atomic E-state index is -3.30. The van der Waals surface area contributed by atoms with Crippen molar-refractivity contribution in [1.29, 1.82) is 0 Å². The molecule has 1 aliphatic carbocycles. The summed E-state index contributed by atoms with van der Waals surface area (Å²) in [6.45, 7) is 1.74. The molecule has 3 fully saturated rings. The average Bonchev–Trinajstić information content (AvgIpc) is 3.25. The van der Waals surface area contributed by atoms with Crippen molar-refractivity contribution in [3.8, 4) is 17.1 Å². The van der Waals surface area contributed by atoms with E-state index in [2.05, 4.69) is 10.1 Å². The van der Waals surface area contributed by atoms with Crippen molar-refractivity contribution < 1.29 is 22.4 Å². The Hall–Kier alpha value is -1.68. The van der Waals surface area contributed by atoms with Crippen molar-refractivity contribution >= 4 is 21.6 Å². The fourth-order valence-corrected chi connectivity index (χ4v) is 6.93. The molecule has 2 aliphatic heterocycles. The first-order chi connectivity index (χ1) is 15.4. The number of methoxy groups -OCH3 is 1. The molecule has 2 aromatic rings. The Kier molecular flexibility index (Phi) is 5.94. The predicted octanol–water partition coefficient (Wildman–Crippen LogP) is 3.87. The Bertz CT molecular complexity index is 1070. The van der Waals surface area contributed by atoms with E-state index in [4.69, 9.17) is 25.6 Å². The second kappa shape index (κ2) is 8.59. The van der Waals surface area contributed by atoms with Gasteiger partial charge in [-0.1, -0.05) is 16.8 Å². The van der Waals surface area contributed by atoms with Crippen LogP contribution in [0.3, 0.4) is 0 Å². The van der Waals surface area contributed by atoms with Crippen molar-refractivity contribution in [2.24, 2.45) is 5.41 Å². The Balaban J connectivity index is 1.23. The van der Waals surface area contributed by atoms with Gasteiger partial charge in [-0.3, -0.25) is 0 Å². The third-order valence-corrected chi connectivity index (χ3v) is 9.29. The standard InChI is InChI=1S/C22H28ClN3O5S/c1-29-19-6-5-15(23)12-17(19)20-24-21(31-25-20)18-13-22(18)7-9-26(10-8-22)32(27,28)14-16-4-2-3-11-30-16/h5-6,12,16,18H,2-4,7-11,13-14H2,1H3. The number of benzene rings is 1. The monoisotopic (exact) mass is 481 g/mol. The van der Waals surface area contributed by atoms with Crippen molar-refractivity contribution in [1.82, 2.24) is 14.4 Å². The van der Waals surface area contributed by atoms with E-state index in [1.54, 1.807) is 29.6 Å². The fourth-order valence-electron chi connectivity index (χ4n) is 5.08. The van der Waals surface area contributed by atoms with Gasteiger partial charge in [0, 0.05) is 30.6 Å². The SMILES string of the molecule is COc1ccc(Cl)cc1-c1noc(C2CC23CCN(S(=O)(=O)CC2CCCCO2)CC3)n1. The smallest absolute Gasteiger partial charge is 0.230 e. The lowest BCUT2D eigenvalue weighted by Crippen LogP contribution is -2.43. The molecule has 0 bridgehead atoms. The maximum Gasteiger partial charge on any atom is 0.230 e. The third-order valence-electron chi connectivity index (χ3n) is 7.11. The topological polar surface area (TPSA) is 94.8 Å². The molecule has 2 atom stereocenters. The fraction of sp³-hybridized carbons (Fsp3) is 0.636. The number of aromatic nitrogens is 2. The van der Waals surface area contributed by atoms with Crippen LogP contribution in [0.2, 0.25) is 5.02 Å². The zero-order valence-electron chi connectivity index (χ0n) is 18.1. The van der Waals surface area contributed by atoms with Gasteiger partial charge in [0.25, 0.3) is 0 Å². The minimum Gasteiger partial charge on any atom is -0.496 e. The summed E-state index contributed by atoms with van der Waals surface area (Å²) in [4.78, 5) is 4.62. The first kappa shape index (κ1) is 22.1. The number of rotatable bonds is 6. The Morgan fingerprint density at radius 1 is 1.28 bits per heavy atom. The summed E-state index contributed by atoms with van der Waals surface area (Å²) < 4.78 is 44.0. The van der Waals surface area contributed by atoms with E-state index in [0.29, 0.717) is 47.7 Å². The van der Waals surface area contributed by atoms with E-state index in [9.17, 15) is 8.42 Å². The summed E-state index contributed by atoms with van der Waals surface area (Å²) in [6, 6.07) is 5.29. The molecule has 1 aromatic carbocycles. The molecule has 1 spiro atoms. The Morgan fingerprint density at radius 2 is 2.09 bits per heavy atom. The zero-order chi connectivity index (χ0) is 22.3. The van der Waals surface area contributed by atoms with Gasteiger partial charge in [-0.15, -0.1) is 0 Å². The summed E-state index contributed by atoms with van der Waals surface area (Å²) in [7, 11) is -1.71. The van der Waals surface area contributed by atoms with Crippen LogP contribution in [0.4, 0.5) is 0 Å². The van der Waals surface area contributed by atoms with E-state index < -0.39 is 10.0 Å². The normalized spacial score (nSPS) is 25.7. The highest BCUT2D eigenvalue weighted by Crippen LogP contribution is 2.64. The predicted molar refractivity (Wildman–Crippen MR) is 119 cm³/mol. The van der Waals surface area contributed by atoms with Crippen LogP contribution < -0.4 is 4.74 Å². The number of sulfonamides is 1. The first-order valence-electron chi connectivity index (χ1n) is 11.2. The van der Waals surface area contributed by atoms with Gasteiger partial charge in [0.2, 0.25) is 21.7 Å². The van der Waals surface area contributed by atoms with Crippen molar-refractivity contribution in [2.75, 3.05) is 32.6 Å². The van der Waals surface area contributed by atoms with Gasteiger partial charge in [-0.25, -0.2) is 12.7 Å². The molecule has 0 amide bonds. The van der Waals surface area contributed by atoms with Gasteiger partial charge in [-0.2, -0.15) is 4.98 Å². The number of hydrogen-bond acceptors (Lipinski definition) is 7. The summed E-state index contributed by atoms with van der Waals surface area (Å²) in [5.41, 5.74) is 0.741. The van der Waals surface area contributed by atoms with Crippen molar-refractivity contribution in [2.45, 2.75) is 50.5 Å². The van der Waals surface area contributed by atoms with Gasteiger partial charge >= 0.3 is 0 Å². The van der Waals surface area contributed by atoms with Gasteiger partial charge in [0.15, 0.2) is 0 Å². The van der Waals surface area contributed by atoms with Crippen LogP contribution in [0.1, 0.15) is 50.3 Å². The molecule has 2 saturated heterocycles. The number of ether oxygens (including phenoxy) is 2. The molecule has 0 radical (unpaired) electrons. The summed E-state index contributed by atoms with van der Waals surface area (Å²) in [5.74, 6) is 1.95. The quantitative estimate of drug-likeness (QED) is 0.618. The van der Waals surface area contributed by atoms with E-state index in [-0.39, 0.29) is 23.2 Å². The lowest BCUT2D eigenvalue weighted by atomic mass is 9.92. The molecule has 32 heavy (non-hydrogen) atoms. The van der Waals surface area contributed by atoms with E-state index in [1.807, 2.05) is 0 Å². The number of hydrogen-bond donors (Lipinski definition) is 0. The summed E-state index contributed by atoms with van der Waals surface area (Å²) in [5, 5.41) is 4.72. The number of halogens is 1. The van der Waals surface area contributed by atoms with Crippen LogP contribution in [-0.2, 0) is 14.8 Å². The second-order valence-electron chi connectivity index (χ2n) is 9.09. The molecule has 10 heteroatoms. The third kappa shape index (κ3) is 4.27. The van der Waals surface area contributed by atoms with Crippen LogP contribution in [0.25, 0.3) is 11.4 Å². The van der Waals surface area contributed by atoms with Gasteiger partial charge in [0.05, 0.1) is 24.5 Å². The summed E-state index contributed by atoms with van der Waals surface area (Å²) >= 11 is 6.13. The lowest BCUT2D eigenvalue weighted by molar-refractivity contribution is 0.0297. The molecule has 174 valence electrons. The van der Waals surface area contributed by atoms with Crippen LogP contribution in [-0.4, -0.2) is 61.5 Å². The largest absolute Gasteiger partial charge is 0.496 e. The highest BCUT2D eigenvalue weighted by atomic mass is 35.5. The van der Waals surface area contributed by atoms with Crippen molar-refractivity contribution in [3.63, 3.8) is 0 Å². The average molecular weight is 482 g/mol. The van der Waals surface area contributed by atoms with Crippen LogP contribution in [0.15, 0.2) is 22.7 Å². The molecule has 5 rings (SSSR count). The van der Waals surface area contributed by atoms with Gasteiger partial charge < -0.3 is 14.0 Å². The van der Waals surface area contributed by atoms with Gasteiger partial charge in [0.1, 0.15) is 5.75 Å². The Morgan fingerprint density at radius 3 is 2.81 bits per heavy atom. The highest BCUT2D eigenvalue weighted by Gasteiger charge is 2.59. The Labute approximate surface area is 193 Å². The molecule has 3 heterocycles. The number of piperidine rings is 1. The van der Waals surface area contributed by atoms with Crippen LogP contribution in [0, 0.1) is 5.41 Å². The molecule has 3 aliphatic rings. The molecular formula is C22H28ClN3O5S. The molecule has 0 N–H and O–H groups in total. The molecule has 2 unspecified atom stereocenters. The molecule has 1 saturated carbocycles. The maximum atomic E-state index is 12.9. The molecule has 1 aromatic heterocycles. The van der Waals surface area contributed by atoms with Gasteiger partial charge in [-0.05, 0) is 62.1 Å². The first-order valence-corrected chi connectivity index (χ1v) is 13.2. The summed E-state index contributed by atoms with van der Waals surface area (Å²) in [6.07, 6.45) is 5.28. The highest BCUT2D eigenvalue weighted by molar-refractivity contribution is 7.89. The zero-order valence-corrected chi connectivity index (χ0v) is 19.7. The molecule has 8 nitrogen and oxygen atoms in total. The number of nitrogens with zero attached hydrogens (tertiary/aromatic N) is 3. The van der Waals surface area contributed by atoms with Crippen LogP contribution in [0.5, 0.6) is 5.75 Å². The van der Waals surface area contributed by atoms with E-state index >= 15 is 0 Å². The maximum absolute atomic E-state index is 12.9. The molecular weight excluding hydrogens is 454 g/mol. The minimum absolute atomic E-state index is 0.0512. The van der Waals surface area contributed by atoms with E-state index in [0.717, 1.165) is 38.5 Å². The van der Waals surface area contributed by atoms with Crippen LogP contribution >= 0.6 is 11.6 Å².